The number of rotatable bonds is 14. The minimum atomic E-state index is -1.33. The standard InChI is InChI=1S/C72H96N12O10/c1-39(2)37-53-65(87)81-61(57-47-25-13-9-21-43(47)44-22-10-14-26-48(44)57)71(93)83-35-19-31-55(83)67(89)80-60(42(7)8)70(92)76-52(30-18-34-74)64(86)78-54(38-40(3)4)66(88)82-62(58-49-27-15-11-23-45(49)46-24-12-16-28-50(46)58)72(94)84-36-20-32-56(84)68(90)79-59(41(5)6)69(91)75-51(29-17-33-73)63(85)77-53/h9-16,21-28,39-42,51-62H,17-20,29-38,73-74H2,1-8H3,(H,75,91)(H,76,92)(H,77,85)(H,78,86)(H,79,90)(H,80,89)(H,81,87)(H,82,88)/t51-,52-,53-,54-,55-,56-,59-,60-,61+,62+/m0/s1. The lowest BCUT2D eigenvalue weighted by Crippen LogP contribution is -2.62. The van der Waals surface area contributed by atoms with E-state index in [2.05, 4.69) is 42.5 Å². The van der Waals surface area contributed by atoms with E-state index in [1.54, 1.807) is 27.7 Å². The maximum Gasteiger partial charge on any atom is 0.246 e. The van der Waals surface area contributed by atoms with E-state index < -0.39 is 143 Å². The molecule has 3 aliphatic heterocycles. The first-order valence-corrected chi connectivity index (χ1v) is 33.8. The number of benzene rings is 4. The largest absolute Gasteiger partial charge is 0.343 e. The topological polar surface area (TPSA) is 325 Å². The number of hydrogen-bond donors (Lipinski definition) is 10. The zero-order valence-corrected chi connectivity index (χ0v) is 55.5. The number of nitrogens with one attached hydrogen (secondary N) is 8. The quantitative estimate of drug-likeness (QED) is 0.0842. The Morgan fingerprint density at radius 1 is 0.383 bits per heavy atom. The molecule has 4 aromatic rings. The van der Waals surface area contributed by atoms with Gasteiger partial charge < -0.3 is 63.8 Å². The second-order valence-electron chi connectivity index (χ2n) is 27.5. The van der Waals surface area contributed by atoms with Gasteiger partial charge in [0.2, 0.25) is 59.1 Å². The predicted octanol–water partition coefficient (Wildman–Crippen LogP) is 4.37. The van der Waals surface area contributed by atoms with Crippen LogP contribution in [-0.4, -0.2) is 155 Å². The van der Waals surface area contributed by atoms with Gasteiger partial charge in [0.25, 0.3) is 0 Å². The molecular formula is C72H96N12O10. The fourth-order valence-electron chi connectivity index (χ4n) is 14.4. The molecule has 504 valence electrons. The summed E-state index contributed by atoms with van der Waals surface area (Å²) >= 11 is 0. The van der Waals surface area contributed by atoms with E-state index in [-0.39, 0.29) is 89.4 Å². The Bertz CT molecular complexity index is 3150. The van der Waals surface area contributed by atoms with Crippen LogP contribution in [0, 0.1) is 23.7 Å². The summed E-state index contributed by atoms with van der Waals surface area (Å²) in [4.78, 5) is 154. The number of hydrogen-bond acceptors (Lipinski definition) is 12. The maximum absolute atomic E-state index is 15.8. The van der Waals surface area contributed by atoms with Crippen molar-refractivity contribution in [3.8, 4) is 22.3 Å². The lowest BCUT2D eigenvalue weighted by molar-refractivity contribution is -0.143. The van der Waals surface area contributed by atoms with Gasteiger partial charge in [-0.2, -0.15) is 0 Å². The molecule has 0 unspecified atom stereocenters. The Morgan fingerprint density at radius 3 is 0.979 bits per heavy atom. The van der Waals surface area contributed by atoms with Gasteiger partial charge in [0, 0.05) is 24.9 Å². The monoisotopic (exact) mass is 1290 g/mol. The molecule has 9 rings (SSSR count). The van der Waals surface area contributed by atoms with Crippen molar-refractivity contribution in [2.45, 2.75) is 192 Å². The number of fused-ring (bicyclic) bond motifs is 8. The SMILES string of the molecule is CC(C)C[C@@H]1NC(=O)[C@H](CCCN)NC(=O)[C@H](C(C)C)NC(=O)[C@@H]2CCCN2C(=O)[C@@H](C2c3ccccc3-c3ccccc32)NC(=O)[C@H](CC(C)C)NC(=O)[C@H](CCCN)NC(=O)[C@H](C(C)C)NC(=O)[C@@H]2CCCN2C(=O)[C@@H](C2c3ccccc3-c3ccccc32)NC1=O. The predicted molar refractivity (Wildman–Crippen MR) is 358 cm³/mol. The molecule has 22 nitrogen and oxygen atoms in total. The number of nitrogens with two attached hydrogens (primary N) is 2. The van der Waals surface area contributed by atoms with Gasteiger partial charge >= 0.3 is 0 Å². The third kappa shape index (κ3) is 15.5. The minimum Gasteiger partial charge on any atom is -0.343 e. The summed E-state index contributed by atoms with van der Waals surface area (Å²) in [6, 6.07) is 18.1. The molecule has 4 aromatic carbocycles. The van der Waals surface area contributed by atoms with E-state index >= 15 is 19.2 Å². The van der Waals surface area contributed by atoms with Crippen LogP contribution >= 0.6 is 0 Å². The smallest absolute Gasteiger partial charge is 0.246 e. The molecule has 2 aliphatic carbocycles. The molecule has 94 heavy (non-hydrogen) atoms. The first-order chi connectivity index (χ1) is 45.0. The van der Waals surface area contributed by atoms with Crippen LogP contribution in [0.25, 0.3) is 22.3 Å². The molecule has 10 amide bonds. The fraction of sp³-hybridized carbons (Fsp3) is 0.528. The van der Waals surface area contributed by atoms with Crippen molar-refractivity contribution in [3.63, 3.8) is 0 Å². The number of amides is 10. The van der Waals surface area contributed by atoms with Crippen molar-refractivity contribution in [2.24, 2.45) is 35.1 Å². The molecule has 0 radical (unpaired) electrons. The molecule has 22 heteroatoms. The van der Waals surface area contributed by atoms with E-state index in [0.717, 1.165) is 44.5 Å². The first-order valence-electron chi connectivity index (χ1n) is 33.8. The van der Waals surface area contributed by atoms with E-state index in [1.807, 2.05) is 125 Å². The average molecular weight is 1290 g/mol. The van der Waals surface area contributed by atoms with Crippen molar-refractivity contribution < 1.29 is 47.9 Å². The van der Waals surface area contributed by atoms with Crippen molar-refractivity contribution in [2.75, 3.05) is 26.2 Å². The Morgan fingerprint density at radius 2 is 0.681 bits per heavy atom. The summed E-state index contributed by atoms with van der Waals surface area (Å²) in [5.74, 6) is -9.50. The van der Waals surface area contributed by atoms with Crippen molar-refractivity contribution in [3.05, 3.63) is 119 Å². The van der Waals surface area contributed by atoms with Crippen LogP contribution in [0.4, 0.5) is 0 Å². The zero-order valence-electron chi connectivity index (χ0n) is 55.5. The third-order valence-electron chi connectivity index (χ3n) is 19.1. The second kappa shape index (κ2) is 31.2. The van der Waals surface area contributed by atoms with Crippen LogP contribution < -0.4 is 54.0 Å². The molecule has 12 N–H and O–H groups in total. The lowest BCUT2D eigenvalue weighted by Gasteiger charge is -2.35. The molecule has 5 aliphatic rings. The van der Waals surface area contributed by atoms with Crippen LogP contribution in [0.15, 0.2) is 97.1 Å². The third-order valence-corrected chi connectivity index (χ3v) is 19.1. The zero-order chi connectivity index (χ0) is 67.7. The summed E-state index contributed by atoms with van der Waals surface area (Å²) < 4.78 is 0. The van der Waals surface area contributed by atoms with E-state index in [1.165, 1.54) is 9.80 Å². The molecule has 0 bridgehead atoms. The molecular weight excluding hydrogens is 1190 g/mol. The van der Waals surface area contributed by atoms with Crippen LogP contribution in [0.5, 0.6) is 0 Å². The highest BCUT2D eigenvalue weighted by Crippen LogP contribution is 2.48. The van der Waals surface area contributed by atoms with Gasteiger partial charge in [0.1, 0.15) is 60.4 Å². The van der Waals surface area contributed by atoms with E-state index in [4.69, 9.17) is 11.5 Å². The molecule has 3 heterocycles. The molecule has 10 atom stereocenters. The Hall–Kier alpha value is -8.50. The highest BCUT2D eigenvalue weighted by atomic mass is 16.2. The molecule has 0 aromatic heterocycles. The van der Waals surface area contributed by atoms with Gasteiger partial charge in [0.05, 0.1) is 0 Å². The van der Waals surface area contributed by atoms with Gasteiger partial charge in [-0.1, -0.05) is 152 Å². The molecule has 0 spiro atoms. The molecule has 3 saturated heterocycles. The van der Waals surface area contributed by atoms with Gasteiger partial charge in [0.15, 0.2) is 0 Å². The summed E-state index contributed by atoms with van der Waals surface area (Å²) in [7, 11) is 0. The van der Waals surface area contributed by atoms with Crippen LogP contribution in [0.2, 0.25) is 0 Å². The summed E-state index contributed by atoms with van der Waals surface area (Å²) in [5.41, 5.74) is 18.6. The van der Waals surface area contributed by atoms with Crippen LogP contribution in [0.1, 0.15) is 154 Å². The Kier molecular flexibility index (Phi) is 23.2. The van der Waals surface area contributed by atoms with E-state index in [0.29, 0.717) is 12.8 Å². The average Bonchev–Trinajstić information content (AvgIpc) is 1.78. The van der Waals surface area contributed by atoms with Crippen LogP contribution in [0.3, 0.4) is 0 Å². The van der Waals surface area contributed by atoms with Crippen molar-refractivity contribution in [1.29, 1.82) is 0 Å². The number of carbonyl (C=O) groups is 10. The fourth-order valence-corrected chi connectivity index (χ4v) is 14.4. The van der Waals surface area contributed by atoms with Gasteiger partial charge in [-0.3, -0.25) is 47.9 Å². The number of nitrogens with zero attached hydrogens (tertiary/aromatic N) is 2. The summed E-state index contributed by atoms with van der Waals surface area (Å²) in [6.07, 6.45) is 2.16. The second-order valence-corrected chi connectivity index (χ2v) is 27.5. The van der Waals surface area contributed by atoms with Crippen molar-refractivity contribution in [1.82, 2.24) is 52.3 Å². The van der Waals surface area contributed by atoms with Gasteiger partial charge in [-0.15, -0.1) is 0 Å². The van der Waals surface area contributed by atoms with Gasteiger partial charge in [-0.25, -0.2) is 0 Å². The van der Waals surface area contributed by atoms with Crippen LogP contribution in [-0.2, 0) is 47.9 Å². The highest BCUT2D eigenvalue weighted by molar-refractivity contribution is 6.01. The normalized spacial score (nSPS) is 25.7. The van der Waals surface area contributed by atoms with Crippen molar-refractivity contribution >= 4 is 59.1 Å². The maximum atomic E-state index is 15.8. The lowest BCUT2D eigenvalue weighted by atomic mass is 9.87. The highest BCUT2D eigenvalue weighted by Gasteiger charge is 2.49. The van der Waals surface area contributed by atoms with E-state index in [9.17, 15) is 28.8 Å². The summed E-state index contributed by atoms with van der Waals surface area (Å²) in [6.45, 7) is 15.1. The number of carbonyl (C=O) groups excluding carboxylic acids is 10. The van der Waals surface area contributed by atoms with Gasteiger partial charge in [-0.05, 0) is 145 Å². The molecule has 3 fully saturated rings. The Balaban J connectivity index is 1.12. The Labute approximate surface area is 551 Å². The first kappa shape index (κ1) is 69.8. The minimum absolute atomic E-state index is 0.0549. The molecule has 0 saturated carbocycles. The summed E-state index contributed by atoms with van der Waals surface area (Å²) in [5, 5.41) is 23.7.